The molecule has 0 aliphatic rings. The predicted molar refractivity (Wildman–Crippen MR) is 79.6 cm³/mol. The molecule has 0 aromatic heterocycles. The maximum absolute atomic E-state index is 4.23. The predicted octanol–water partition coefficient (Wildman–Crippen LogP) is 2.63. The van der Waals surface area contributed by atoms with Gasteiger partial charge in [0.1, 0.15) is 0 Å². The van der Waals surface area contributed by atoms with Gasteiger partial charge in [0.25, 0.3) is 0 Å². The van der Waals surface area contributed by atoms with E-state index in [9.17, 15) is 0 Å². The Morgan fingerprint density at radius 1 is 1.28 bits per heavy atom. The Morgan fingerprint density at radius 3 is 2.44 bits per heavy atom. The summed E-state index contributed by atoms with van der Waals surface area (Å²) in [5.41, 5.74) is 2.30. The van der Waals surface area contributed by atoms with Crippen molar-refractivity contribution in [2.45, 2.75) is 19.9 Å². The summed E-state index contributed by atoms with van der Waals surface area (Å²) < 4.78 is 0. The summed E-state index contributed by atoms with van der Waals surface area (Å²) in [6.07, 6.45) is 2.75. The van der Waals surface area contributed by atoms with Gasteiger partial charge in [-0.3, -0.25) is 4.99 Å². The number of hydrogen-bond acceptors (Lipinski definition) is 2. The van der Waals surface area contributed by atoms with Gasteiger partial charge >= 0.3 is 0 Å². The molecule has 0 radical (unpaired) electrons. The molecule has 1 aromatic rings. The molecule has 1 rings (SSSR count). The summed E-state index contributed by atoms with van der Waals surface area (Å²) in [4.78, 5) is 10.5. The van der Waals surface area contributed by atoms with E-state index in [0.29, 0.717) is 5.96 Å². The third kappa shape index (κ3) is 5.10. The molecule has 0 fully saturated rings. The number of benzene rings is 1. The van der Waals surface area contributed by atoms with E-state index in [2.05, 4.69) is 46.4 Å². The van der Waals surface area contributed by atoms with Crippen molar-refractivity contribution in [3.63, 3.8) is 0 Å². The van der Waals surface area contributed by atoms with Crippen LogP contribution in [0.3, 0.4) is 0 Å². The number of rotatable bonds is 4. The lowest BCUT2D eigenvalue weighted by Crippen LogP contribution is -2.11. The Hall–Kier alpha value is -1.68. The molecule has 1 N–H and O–H groups in total. The van der Waals surface area contributed by atoms with Crippen LogP contribution in [-0.4, -0.2) is 38.2 Å². The third-order valence-corrected chi connectivity index (χ3v) is 2.32. The minimum Gasteiger partial charge on any atom is -0.325 e. The zero-order valence-corrected chi connectivity index (χ0v) is 11.6. The van der Waals surface area contributed by atoms with Crippen molar-refractivity contribution in [3.8, 4) is 0 Å². The summed E-state index contributed by atoms with van der Waals surface area (Å²) in [6.45, 7) is 3.00. The van der Waals surface area contributed by atoms with Crippen LogP contribution < -0.4 is 5.32 Å². The summed E-state index contributed by atoms with van der Waals surface area (Å²) in [5.74, 6) is 0.636. The normalized spacial score (nSPS) is 12.4. The van der Waals surface area contributed by atoms with Crippen LogP contribution in [0.4, 0.5) is 5.69 Å². The van der Waals surface area contributed by atoms with Crippen LogP contribution in [-0.2, 0) is 6.54 Å². The molecule has 4 nitrogen and oxygen atoms in total. The number of guanidine groups is 1. The number of hydrogen-bond donors (Lipinski definition) is 1. The van der Waals surface area contributed by atoms with Gasteiger partial charge in [-0.2, -0.15) is 0 Å². The van der Waals surface area contributed by atoms with Gasteiger partial charge < -0.3 is 10.2 Å². The fourth-order valence-electron chi connectivity index (χ4n) is 1.51. The molecule has 0 aliphatic carbocycles. The average Bonchev–Trinajstić information content (AvgIpc) is 2.36. The molecule has 4 heteroatoms. The fraction of sp³-hybridized carbons (Fsp3) is 0.429. The van der Waals surface area contributed by atoms with E-state index in [-0.39, 0.29) is 0 Å². The molecular formula is C14H22N4. The Bertz CT molecular complexity index is 404. The van der Waals surface area contributed by atoms with Crippen LogP contribution in [0.1, 0.15) is 18.9 Å². The monoisotopic (exact) mass is 246 g/mol. The van der Waals surface area contributed by atoms with Gasteiger partial charge in [0.2, 0.25) is 5.96 Å². The highest BCUT2D eigenvalue weighted by Crippen LogP contribution is 2.10. The first-order valence-electron chi connectivity index (χ1n) is 6.15. The van der Waals surface area contributed by atoms with Crippen molar-refractivity contribution in [3.05, 3.63) is 29.8 Å². The first-order valence-corrected chi connectivity index (χ1v) is 6.15. The van der Waals surface area contributed by atoms with E-state index in [0.717, 1.165) is 18.7 Å². The SMILES string of the molecule is CCC=NC(=NC)Nc1ccc(CN(C)C)cc1. The first kappa shape index (κ1) is 14.4. The molecule has 1 aromatic carbocycles. The maximum atomic E-state index is 4.23. The number of aliphatic imine (C=N–C) groups is 2. The highest BCUT2D eigenvalue weighted by atomic mass is 15.1. The van der Waals surface area contributed by atoms with E-state index in [4.69, 9.17) is 0 Å². The fourth-order valence-corrected chi connectivity index (χ4v) is 1.51. The zero-order valence-electron chi connectivity index (χ0n) is 11.6. The summed E-state index contributed by atoms with van der Waals surface area (Å²) >= 11 is 0. The Balaban J connectivity index is 2.65. The Kier molecular flexibility index (Phi) is 6.08. The minimum atomic E-state index is 0.636. The highest BCUT2D eigenvalue weighted by molar-refractivity contribution is 5.98. The van der Waals surface area contributed by atoms with Crippen LogP contribution in [0, 0.1) is 0 Å². The van der Waals surface area contributed by atoms with Crippen molar-refractivity contribution in [2.24, 2.45) is 9.98 Å². The second-order valence-electron chi connectivity index (χ2n) is 4.33. The van der Waals surface area contributed by atoms with Gasteiger partial charge in [-0.15, -0.1) is 0 Å². The van der Waals surface area contributed by atoms with Crippen LogP contribution in [0.2, 0.25) is 0 Å². The molecule has 0 spiro atoms. The quantitative estimate of drug-likeness (QED) is 0.655. The Morgan fingerprint density at radius 2 is 1.94 bits per heavy atom. The molecule has 0 atom stereocenters. The van der Waals surface area contributed by atoms with Crippen molar-refractivity contribution in [1.82, 2.24) is 4.90 Å². The molecule has 0 unspecified atom stereocenters. The van der Waals surface area contributed by atoms with Crippen molar-refractivity contribution in [2.75, 3.05) is 26.5 Å². The number of nitrogens with zero attached hydrogens (tertiary/aromatic N) is 3. The van der Waals surface area contributed by atoms with E-state index in [1.807, 2.05) is 25.3 Å². The van der Waals surface area contributed by atoms with Crippen molar-refractivity contribution in [1.29, 1.82) is 0 Å². The molecule has 0 heterocycles. The van der Waals surface area contributed by atoms with E-state index < -0.39 is 0 Å². The van der Waals surface area contributed by atoms with Gasteiger partial charge in [0, 0.05) is 25.5 Å². The molecule has 0 bridgehead atoms. The molecule has 0 amide bonds. The van der Waals surface area contributed by atoms with E-state index >= 15 is 0 Å². The highest BCUT2D eigenvalue weighted by Gasteiger charge is 1.98. The lowest BCUT2D eigenvalue weighted by molar-refractivity contribution is 0.402. The van der Waals surface area contributed by atoms with Gasteiger partial charge in [0.05, 0.1) is 0 Å². The molecule has 0 saturated carbocycles. The zero-order chi connectivity index (χ0) is 13.4. The minimum absolute atomic E-state index is 0.636. The van der Waals surface area contributed by atoms with Crippen LogP contribution >= 0.6 is 0 Å². The average molecular weight is 246 g/mol. The molecule has 98 valence electrons. The van der Waals surface area contributed by atoms with Gasteiger partial charge in [-0.05, 0) is 38.2 Å². The van der Waals surface area contributed by atoms with Crippen LogP contribution in [0.15, 0.2) is 34.3 Å². The molecule has 0 saturated heterocycles. The van der Waals surface area contributed by atoms with Crippen LogP contribution in [0.25, 0.3) is 0 Å². The summed E-state index contributed by atoms with van der Waals surface area (Å²) in [7, 11) is 5.86. The lowest BCUT2D eigenvalue weighted by Gasteiger charge is -2.10. The third-order valence-electron chi connectivity index (χ3n) is 2.32. The largest absolute Gasteiger partial charge is 0.325 e. The number of nitrogens with one attached hydrogen (secondary N) is 1. The maximum Gasteiger partial charge on any atom is 0.221 e. The van der Waals surface area contributed by atoms with Crippen molar-refractivity contribution >= 4 is 17.9 Å². The standard InChI is InChI=1S/C14H22N4/c1-5-10-16-14(15-2)17-13-8-6-12(7-9-13)11-18(3)4/h6-10H,5,11H2,1-4H3,(H,15,17). The second kappa shape index (κ2) is 7.61. The van der Waals surface area contributed by atoms with Gasteiger partial charge in [-0.25, -0.2) is 4.99 Å². The second-order valence-corrected chi connectivity index (χ2v) is 4.33. The topological polar surface area (TPSA) is 40.0 Å². The van der Waals surface area contributed by atoms with E-state index in [1.165, 1.54) is 5.56 Å². The Labute approximate surface area is 109 Å². The van der Waals surface area contributed by atoms with Gasteiger partial charge in [-0.1, -0.05) is 19.1 Å². The molecule has 18 heavy (non-hydrogen) atoms. The summed E-state index contributed by atoms with van der Waals surface area (Å²) in [6, 6.07) is 8.31. The van der Waals surface area contributed by atoms with Crippen LogP contribution in [0.5, 0.6) is 0 Å². The summed E-state index contributed by atoms with van der Waals surface area (Å²) in [5, 5.41) is 3.18. The van der Waals surface area contributed by atoms with Crippen molar-refractivity contribution < 1.29 is 0 Å². The molecular weight excluding hydrogens is 224 g/mol. The smallest absolute Gasteiger partial charge is 0.221 e. The van der Waals surface area contributed by atoms with Gasteiger partial charge in [0.15, 0.2) is 0 Å². The first-order chi connectivity index (χ1) is 8.65. The molecule has 0 aliphatic heterocycles. The lowest BCUT2D eigenvalue weighted by atomic mass is 10.2. The number of anilines is 1. The van der Waals surface area contributed by atoms with E-state index in [1.54, 1.807) is 7.05 Å².